The van der Waals surface area contributed by atoms with Gasteiger partial charge in [0.2, 0.25) is 0 Å². The molecule has 86 valence electrons. The van der Waals surface area contributed by atoms with E-state index in [1.165, 1.54) is 18.4 Å². The Morgan fingerprint density at radius 2 is 2.19 bits per heavy atom. The average molecular weight is 238 g/mol. The van der Waals surface area contributed by atoms with Crippen LogP contribution in [0.3, 0.4) is 0 Å². The van der Waals surface area contributed by atoms with Crippen molar-refractivity contribution in [1.82, 2.24) is 14.7 Å². The van der Waals surface area contributed by atoms with Crippen molar-refractivity contribution in [2.75, 3.05) is 7.05 Å². The minimum absolute atomic E-state index is 0.590. The number of rotatable bonds is 1. The van der Waals surface area contributed by atoms with Crippen LogP contribution in [0, 0.1) is 0 Å². The fourth-order valence-electron chi connectivity index (χ4n) is 2.90. The Labute approximate surface area is 101 Å². The van der Waals surface area contributed by atoms with Crippen LogP contribution in [0.4, 0.5) is 0 Å². The fourth-order valence-corrected chi connectivity index (χ4v) is 3.20. The van der Waals surface area contributed by atoms with Crippen LogP contribution >= 0.6 is 11.6 Å². The van der Waals surface area contributed by atoms with Crippen LogP contribution in [-0.2, 0) is 7.05 Å². The molecule has 3 nitrogen and oxygen atoms in total. The van der Waals surface area contributed by atoms with Gasteiger partial charge in [-0.1, -0.05) is 17.7 Å². The summed E-state index contributed by atoms with van der Waals surface area (Å²) >= 11 is 6.19. The molecule has 1 saturated heterocycles. The van der Waals surface area contributed by atoms with E-state index in [2.05, 4.69) is 23.1 Å². The van der Waals surface area contributed by atoms with Crippen LogP contribution in [0.5, 0.6) is 0 Å². The normalized spacial score (nSPS) is 29.6. The molecule has 1 aromatic rings. The summed E-state index contributed by atoms with van der Waals surface area (Å²) in [4.78, 5) is 2.47. The van der Waals surface area contributed by atoms with E-state index in [4.69, 9.17) is 11.6 Å². The van der Waals surface area contributed by atoms with Crippen LogP contribution in [0.2, 0.25) is 5.02 Å². The Bertz CT molecular complexity index is 449. The molecule has 0 aliphatic carbocycles. The number of hydrogen-bond acceptors (Lipinski definition) is 2. The number of aryl methyl sites for hydroxylation is 1. The molecule has 2 aliphatic heterocycles. The maximum absolute atomic E-state index is 6.19. The average Bonchev–Trinajstić information content (AvgIpc) is 2.65. The molecule has 4 heteroatoms. The van der Waals surface area contributed by atoms with Crippen LogP contribution in [0.1, 0.15) is 25.0 Å². The van der Waals surface area contributed by atoms with E-state index in [0.29, 0.717) is 12.1 Å². The van der Waals surface area contributed by atoms with Crippen molar-refractivity contribution < 1.29 is 0 Å². The van der Waals surface area contributed by atoms with Gasteiger partial charge in [-0.2, -0.15) is 5.10 Å². The van der Waals surface area contributed by atoms with Crippen molar-refractivity contribution in [1.29, 1.82) is 0 Å². The van der Waals surface area contributed by atoms with E-state index in [-0.39, 0.29) is 0 Å². The van der Waals surface area contributed by atoms with Gasteiger partial charge in [0.15, 0.2) is 0 Å². The highest BCUT2D eigenvalue weighted by Gasteiger charge is 2.34. The monoisotopic (exact) mass is 237 g/mol. The number of hydrogen-bond donors (Lipinski definition) is 0. The Morgan fingerprint density at radius 1 is 1.38 bits per heavy atom. The van der Waals surface area contributed by atoms with Gasteiger partial charge in [0, 0.05) is 25.3 Å². The lowest BCUT2D eigenvalue weighted by molar-refractivity contribution is 0.264. The SMILES string of the molecule is CN1C2C=C(c3nn(C)cc3Cl)CC1CC2. The van der Waals surface area contributed by atoms with Crippen LogP contribution in [0.15, 0.2) is 12.3 Å². The maximum atomic E-state index is 6.19. The van der Waals surface area contributed by atoms with Crippen molar-refractivity contribution in [3.05, 3.63) is 23.0 Å². The predicted octanol–water partition coefficient (Wildman–Crippen LogP) is 2.32. The van der Waals surface area contributed by atoms with Gasteiger partial charge in [-0.3, -0.25) is 9.58 Å². The first-order chi connectivity index (χ1) is 7.65. The van der Waals surface area contributed by atoms with E-state index in [1.807, 2.05) is 13.2 Å². The molecule has 1 fully saturated rings. The molecule has 3 rings (SSSR count). The predicted molar refractivity (Wildman–Crippen MR) is 65.4 cm³/mol. The lowest BCUT2D eigenvalue weighted by Crippen LogP contribution is -2.34. The van der Waals surface area contributed by atoms with Crippen molar-refractivity contribution in [3.63, 3.8) is 0 Å². The van der Waals surface area contributed by atoms with Gasteiger partial charge in [-0.05, 0) is 31.9 Å². The maximum Gasteiger partial charge on any atom is 0.107 e. The molecule has 2 aliphatic rings. The highest BCUT2D eigenvalue weighted by atomic mass is 35.5. The topological polar surface area (TPSA) is 21.1 Å². The molecule has 2 atom stereocenters. The fraction of sp³-hybridized carbons (Fsp3) is 0.583. The Balaban J connectivity index is 1.97. The molecular formula is C12H16ClN3. The van der Waals surface area contributed by atoms with E-state index < -0.39 is 0 Å². The summed E-state index contributed by atoms with van der Waals surface area (Å²) in [7, 11) is 4.13. The largest absolute Gasteiger partial charge is 0.297 e. The molecule has 2 bridgehead atoms. The summed E-state index contributed by atoms with van der Waals surface area (Å²) < 4.78 is 1.79. The Hall–Kier alpha value is -0.800. The van der Waals surface area contributed by atoms with Gasteiger partial charge in [0.05, 0.1) is 5.02 Å². The molecule has 1 aromatic heterocycles. The highest BCUT2D eigenvalue weighted by molar-refractivity contribution is 6.32. The second-order valence-corrected chi connectivity index (χ2v) is 5.27. The number of nitrogens with zero attached hydrogens (tertiary/aromatic N) is 3. The summed E-state index contributed by atoms with van der Waals surface area (Å²) in [6, 6.07) is 1.27. The number of fused-ring (bicyclic) bond motifs is 2. The standard InChI is InChI=1S/C12H16ClN3/c1-15-7-11(13)12(14-15)8-5-9-3-4-10(6-8)16(9)2/h5,7,9-10H,3-4,6H2,1-2H3. The van der Waals surface area contributed by atoms with Gasteiger partial charge < -0.3 is 0 Å². The number of halogens is 1. The first-order valence-electron chi connectivity index (χ1n) is 5.77. The minimum Gasteiger partial charge on any atom is -0.297 e. The van der Waals surface area contributed by atoms with E-state index in [1.54, 1.807) is 4.68 Å². The zero-order chi connectivity index (χ0) is 11.3. The van der Waals surface area contributed by atoms with E-state index in [9.17, 15) is 0 Å². The summed E-state index contributed by atoms with van der Waals surface area (Å²) in [6.45, 7) is 0. The minimum atomic E-state index is 0.590. The third kappa shape index (κ3) is 1.50. The van der Waals surface area contributed by atoms with E-state index in [0.717, 1.165) is 17.1 Å². The highest BCUT2D eigenvalue weighted by Crippen LogP contribution is 2.38. The molecule has 0 spiro atoms. The third-order valence-electron chi connectivity index (χ3n) is 3.83. The van der Waals surface area contributed by atoms with Gasteiger partial charge in [-0.25, -0.2) is 0 Å². The molecule has 3 heterocycles. The third-order valence-corrected chi connectivity index (χ3v) is 4.11. The van der Waals surface area contributed by atoms with Crippen molar-refractivity contribution >= 4 is 17.2 Å². The van der Waals surface area contributed by atoms with Crippen molar-refractivity contribution in [2.24, 2.45) is 7.05 Å². The molecule has 0 amide bonds. The molecule has 0 N–H and O–H groups in total. The smallest absolute Gasteiger partial charge is 0.107 e. The van der Waals surface area contributed by atoms with Gasteiger partial charge in [-0.15, -0.1) is 0 Å². The first-order valence-corrected chi connectivity index (χ1v) is 6.15. The Kier molecular flexibility index (Phi) is 2.33. The van der Waals surface area contributed by atoms with Gasteiger partial charge in [0.1, 0.15) is 5.69 Å². The van der Waals surface area contributed by atoms with Gasteiger partial charge >= 0.3 is 0 Å². The summed E-state index contributed by atoms with van der Waals surface area (Å²) in [5.74, 6) is 0. The molecule has 0 aromatic carbocycles. The molecular weight excluding hydrogens is 222 g/mol. The quantitative estimate of drug-likeness (QED) is 0.748. The number of likely N-dealkylation sites (N-methyl/N-ethyl adjacent to an activating group) is 1. The summed E-state index contributed by atoms with van der Waals surface area (Å²) in [5.41, 5.74) is 2.31. The van der Waals surface area contributed by atoms with Crippen LogP contribution in [0.25, 0.3) is 5.57 Å². The zero-order valence-corrected chi connectivity index (χ0v) is 10.4. The van der Waals surface area contributed by atoms with E-state index >= 15 is 0 Å². The van der Waals surface area contributed by atoms with Crippen LogP contribution < -0.4 is 0 Å². The first kappa shape index (κ1) is 10.4. The van der Waals surface area contributed by atoms with Crippen molar-refractivity contribution in [3.8, 4) is 0 Å². The second kappa shape index (κ2) is 3.60. The lowest BCUT2D eigenvalue weighted by Gasteiger charge is -2.29. The molecule has 0 saturated carbocycles. The van der Waals surface area contributed by atoms with Gasteiger partial charge in [0.25, 0.3) is 0 Å². The van der Waals surface area contributed by atoms with Crippen molar-refractivity contribution in [2.45, 2.75) is 31.3 Å². The lowest BCUT2D eigenvalue weighted by atomic mass is 9.99. The second-order valence-electron chi connectivity index (χ2n) is 4.86. The Morgan fingerprint density at radius 3 is 2.81 bits per heavy atom. The molecule has 2 unspecified atom stereocenters. The molecule has 0 radical (unpaired) electrons. The zero-order valence-electron chi connectivity index (χ0n) is 9.65. The summed E-state index contributed by atoms with van der Waals surface area (Å²) in [6.07, 6.45) is 7.88. The molecule has 16 heavy (non-hydrogen) atoms. The van der Waals surface area contributed by atoms with Crippen LogP contribution in [-0.4, -0.2) is 33.8 Å². The number of aromatic nitrogens is 2. The summed E-state index contributed by atoms with van der Waals surface area (Å²) in [5, 5.41) is 5.23.